The van der Waals surface area contributed by atoms with Gasteiger partial charge in [-0.2, -0.15) is 0 Å². The molecular formula is C22H29N3O5. The van der Waals surface area contributed by atoms with Gasteiger partial charge in [0.15, 0.2) is 11.5 Å². The van der Waals surface area contributed by atoms with Crippen LogP contribution >= 0.6 is 0 Å². The number of hydrogen-bond acceptors (Lipinski definition) is 7. The molecule has 3 rings (SSSR count). The molecule has 1 saturated heterocycles. The smallest absolute Gasteiger partial charge is 0.254 e. The van der Waals surface area contributed by atoms with Crippen LogP contribution < -0.4 is 18.9 Å². The van der Waals surface area contributed by atoms with E-state index in [0.29, 0.717) is 61.6 Å². The summed E-state index contributed by atoms with van der Waals surface area (Å²) in [5, 5.41) is 0. The predicted octanol–water partition coefficient (Wildman–Crippen LogP) is 3.36. The van der Waals surface area contributed by atoms with Crippen molar-refractivity contribution in [3.63, 3.8) is 0 Å². The van der Waals surface area contributed by atoms with E-state index in [0.717, 1.165) is 12.8 Å². The number of aromatic nitrogens is 2. The lowest BCUT2D eigenvalue weighted by molar-refractivity contribution is 0.0526. The maximum Gasteiger partial charge on any atom is 0.254 e. The number of carbonyl (C=O) groups is 1. The third kappa shape index (κ3) is 5.31. The van der Waals surface area contributed by atoms with Crippen LogP contribution in [-0.4, -0.2) is 59.8 Å². The number of ether oxygens (including phenoxy) is 4. The summed E-state index contributed by atoms with van der Waals surface area (Å²) in [6.07, 6.45) is 6.35. The molecule has 1 atom stereocenters. The van der Waals surface area contributed by atoms with Gasteiger partial charge in [-0.15, -0.1) is 0 Å². The van der Waals surface area contributed by atoms with Gasteiger partial charge in [-0.3, -0.25) is 9.78 Å². The minimum atomic E-state index is -0.125. The third-order valence-corrected chi connectivity index (χ3v) is 4.65. The summed E-state index contributed by atoms with van der Waals surface area (Å²) in [6, 6.07) is 3.46. The van der Waals surface area contributed by atoms with Crippen LogP contribution in [0.5, 0.6) is 23.1 Å². The minimum absolute atomic E-state index is 0.0904. The fourth-order valence-corrected chi connectivity index (χ4v) is 3.43. The van der Waals surface area contributed by atoms with Gasteiger partial charge < -0.3 is 23.8 Å². The van der Waals surface area contributed by atoms with Crippen LogP contribution in [0.4, 0.5) is 0 Å². The van der Waals surface area contributed by atoms with Crippen LogP contribution in [0.25, 0.3) is 0 Å². The topological polar surface area (TPSA) is 83.0 Å². The molecule has 8 heteroatoms. The van der Waals surface area contributed by atoms with Gasteiger partial charge in [0.2, 0.25) is 11.6 Å². The molecule has 0 bridgehead atoms. The standard InChI is InChI=1S/C22H29N3O5/c1-4-27-18-12-16(13-19(28-5-2)21(18)29-6-3)22(26)25-11-7-8-17(15-25)30-20-14-23-9-10-24-20/h9-10,12-14,17H,4-8,11,15H2,1-3H3. The first-order valence-electron chi connectivity index (χ1n) is 10.4. The zero-order chi connectivity index (χ0) is 21.3. The number of carbonyl (C=O) groups excluding carboxylic acids is 1. The Morgan fingerprint density at radius 2 is 1.77 bits per heavy atom. The van der Waals surface area contributed by atoms with Crippen molar-refractivity contribution in [1.29, 1.82) is 0 Å². The van der Waals surface area contributed by atoms with Gasteiger partial charge in [-0.05, 0) is 45.7 Å². The van der Waals surface area contributed by atoms with Crippen molar-refractivity contribution in [2.75, 3.05) is 32.9 Å². The Morgan fingerprint density at radius 3 is 2.37 bits per heavy atom. The van der Waals surface area contributed by atoms with Crippen LogP contribution in [0.1, 0.15) is 44.0 Å². The number of amides is 1. The molecule has 1 fully saturated rings. The average Bonchev–Trinajstić information content (AvgIpc) is 2.76. The lowest BCUT2D eigenvalue weighted by Crippen LogP contribution is -2.44. The van der Waals surface area contributed by atoms with E-state index in [1.165, 1.54) is 0 Å². The SMILES string of the molecule is CCOc1cc(C(=O)N2CCCC(Oc3cnccn3)C2)cc(OCC)c1OCC. The highest BCUT2D eigenvalue weighted by atomic mass is 16.5. The van der Waals surface area contributed by atoms with Gasteiger partial charge in [0.05, 0.1) is 32.6 Å². The molecule has 0 spiro atoms. The Balaban J connectivity index is 1.80. The van der Waals surface area contributed by atoms with Crippen LogP contribution in [0.15, 0.2) is 30.7 Å². The largest absolute Gasteiger partial charge is 0.490 e. The quantitative estimate of drug-likeness (QED) is 0.621. The lowest BCUT2D eigenvalue weighted by Gasteiger charge is -2.32. The number of nitrogens with zero attached hydrogens (tertiary/aromatic N) is 3. The van der Waals surface area contributed by atoms with Crippen LogP contribution in [0, 0.1) is 0 Å². The van der Waals surface area contributed by atoms with E-state index in [1.54, 1.807) is 35.6 Å². The summed E-state index contributed by atoms with van der Waals surface area (Å²) in [5.41, 5.74) is 0.505. The van der Waals surface area contributed by atoms with E-state index >= 15 is 0 Å². The van der Waals surface area contributed by atoms with Gasteiger partial charge in [0.1, 0.15) is 6.10 Å². The average molecular weight is 415 g/mol. The van der Waals surface area contributed by atoms with Crippen molar-refractivity contribution >= 4 is 5.91 Å². The summed E-state index contributed by atoms with van der Waals surface area (Å²) >= 11 is 0. The monoisotopic (exact) mass is 415 g/mol. The first-order chi connectivity index (χ1) is 14.7. The Morgan fingerprint density at radius 1 is 1.07 bits per heavy atom. The zero-order valence-electron chi connectivity index (χ0n) is 17.8. The molecule has 162 valence electrons. The highest BCUT2D eigenvalue weighted by Crippen LogP contribution is 2.39. The van der Waals surface area contributed by atoms with E-state index in [-0.39, 0.29) is 12.0 Å². The summed E-state index contributed by atoms with van der Waals surface area (Å²) in [6.45, 7) is 8.22. The van der Waals surface area contributed by atoms with Crippen LogP contribution in [0.3, 0.4) is 0 Å². The van der Waals surface area contributed by atoms with Crippen molar-refractivity contribution in [3.05, 3.63) is 36.3 Å². The third-order valence-electron chi connectivity index (χ3n) is 4.65. The summed E-state index contributed by atoms with van der Waals surface area (Å²) in [4.78, 5) is 23.2. The Kier molecular flexibility index (Phi) is 7.70. The second kappa shape index (κ2) is 10.7. The van der Waals surface area contributed by atoms with Crippen LogP contribution in [-0.2, 0) is 0 Å². The van der Waals surface area contributed by atoms with Crippen molar-refractivity contribution in [2.24, 2.45) is 0 Å². The minimum Gasteiger partial charge on any atom is -0.490 e. The van der Waals surface area contributed by atoms with Crippen molar-refractivity contribution in [2.45, 2.75) is 39.7 Å². The van der Waals surface area contributed by atoms with Gasteiger partial charge in [0.25, 0.3) is 5.91 Å². The molecule has 1 unspecified atom stereocenters. The Labute approximate surface area is 177 Å². The molecule has 1 amide bonds. The van der Waals surface area contributed by atoms with E-state index in [4.69, 9.17) is 18.9 Å². The number of rotatable bonds is 9. The van der Waals surface area contributed by atoms with Crippen molar-refractivity contribution in [3.8, 4) is 23.1 Å². The number of hydrogen-bond donors (Lipinski definition) is 0. The molecule has 1 aromatic heterocycles. The molecule has 1 aromatic carbocycles. The number of piperidine rings is 1. The molecule has 0 saturated carbocycles. The highest BCUT2D eigenvalue weighted by molar-refractivity contribution is 5.95. The first kappa shape index (κ1) is 21.7. The molecule has 2 heterocycles. The summed E-state index contributed by atoms with van der Waals surface area (Å²) in [5.74, 6) is 1.93. The molecule has 1 aliphatic heterocycles. The van der Waals surface area contributed by atoms with Gasteiger partial charge in [0, 0.05) is 24.5 Å². The molecule has 8 nitrogen and oxygen atoms in total. The van der Waals surface area contributed by atoms with E-state index < -0.39 is 0 Å². The maximum absolute atomic E-state index is 13.3. The zero-order valence-corrected chi connectivity index (χ0v) is 17.8. The fourth-order valence-electron chi connectivity index (χ4n) is 3.43. The van der Waals surface area contributed by atoms with Gasteiger partial charge >= 0.3 is 0 Å². The lowest BCUT2D eigenvalue weighted by atomic mass is 10.1. The van der Waals surface area contributed by atoms with Crippen molar-refractivity contribution in [1.82, 2.24) is 14.9 Å². The first-order valence-corrected chi connectivity index (χ1v) is 10.4. The normalized spacial score (nSPS) is 16.1. The van der Waals surface area contributed by atoms with Crippen LogP contribution in [0.2, 0.25) is 0 Å². The molecule has 1 aliphatic rings. The van der Waals surface area contributed by atoms with E-state index in [2.05, 4.69) is 9.97 Å². The number of benzene rings is 1. The predicted molar refractivity (Wildman–Crippen MR) is 112 cm³/mol. The number of likely N-dealkylation sites (tertiary alicyclic amines) is 1. The van der Waals surface area contributed by atoms with Gasteiger partial charge in [-0.1, -0.05) is 0 Å². The summed E-state index contributed by atoms with van der Waals surface area (Å²) in [7, 11) is 0. The Bertz CT molecular complexity index is 804. The molecule has 0 radical (unpaired) electrons. The molecule has 0 aliphatic carbocycles. The molecule has 30 heavy (non-hydrogen) atoms. The summed E-state index contributed by atoms with van der Waals surface area (Å²) < 4.78 is 23.1. The second-order valence-corrected chi connectivity index (χ2v) is 6.78. The highest BCUT2D eigenvalue weighted by Gasteiger charge is 2.28. The maximum atomic E-state index is 13.3. The van der Waals surface area contributed by atoms with E-state index in [1.807, 2.05) is 20.8 Å². The fraction of sp³-hybridized carbons (Fsp3) is 0.500. The Hall–Kier alpha value is -3.03. The van der Waals surface area contributed by atoms with E-state index in [9.17, 15) is 4.79 Å². The van der Waals surface area contributed by atoms with Gasteiger partial charge in [-0.25, -0.2) is 4.98 Å². The van der Waals surface area contributed by atoms with Crippen molar-refractivity contribution < 1.29 is 23.7 Å². The second-order valence-electron chi connectivity index (χ2n) is 6.78. The molecule has 2 aromatic rings. The molecular weight excluding hydrogens is 386 g/mol. The molecule has 0 N–H and O–H groups in total.